The fourth-order valence-electron chi connectivity index (χ4n) is 3.90. The minimum atomic E-state index is -0.0249. The number of aliphatic hydroxyl groups excluding tert-OH is 1. The van der Waals surface area contributed by atoms with Crippen molar-refractivity contribution in [3.05, 3.63) is 0 Å². The van der Waals surface area contributed by atoms with Gasteiger partial charge in [-0.3, -0.25) is 0 Å². The first-order valence-corrected chi connectivity index (χ1v) is 8.07. The third-order valence-corrected chi connectivity index (χ3v) is 4.76. The van der Waals surface area contributed by atoms with Crippen molar-refractivity contribution in [1.82, 2.24) is 5.32 Å². The van der Waals surface area contributed by atoms with Crippen molar-refractivity contribution >= 4 is 0 Å². The van der Waals surface area contributed by atoms with Gasteiger partial charge in [-0.05, 0) is 56.8 Å². The van der Waals surface area contributed by atoms with E-state index in [1.165, 1.54) is 44.9 Å². The van der Waals surface area contributed by atoms with E-state index in [2.05, 4.69) is 19.2 Å². The average molecular weight is 253 g/mol. The Hall–Kier alpha value is -0.0800. The van der Waals surface area contributed by atoms with Gasteiger partial charge in [0, 0.05) is 12.1 Å². The summed E-state index contributed by atoms with van der Waals surface area (Å²) >= 11 is 0. The summed E-state index contributed by atoms with van der Waals surface area (Å²) in [5.41, 5.74) is 0. The normalized spacial score (nSPS) is 38.0. The molecule has 106 valence electrons. The van der Waals surface area contributed by atoms with Gasteiger partial charge in [0.05, 0.1) is 6.10 Å². The smallest absolute Gasteiger partial charge is 0.0541 e. The van der Waals surface area contributed by atoms with Crippen molar-refractivity contribution in [2.75, 3.05) is 0 Å². The second-order valence-electron chi connectivity index (χ2n) is 7.03. The fourth-order valence-corrected chi connectivity index (χ4v) is 3.90. The van der Waals surface area contributed by atoms with E-state index in [1.54, 1.807) is 0 Å². The lowest BCUT2D eigenvalue weighted by Crippen LogP contribution is -2.43. The molecule has 0 aromatic carbocycles. The zero-order valence-electron chi connectivity index (χ0n) is 12.2. The van der Waals surface area contributed by atoms with Crippen molar-refractivity contribution < 1.29 is 5.11 Å². The third kappa shape index (κ3) is 4.55. The largest absolute Gasteiger partial charge is 0.393 e. The van der Waals surface area contributed by atoms with Gasteiger partial charge in [0.2, 0.25) is 0 Å². The average Bonchev–Trinajstić information content (AvgIpc) is 2.32. The van der Waals surface area contributed by atoms with Gasteiger partial charge in [-0.25, -0.2) is 0 Å². The van der Waals surface area contributed by atoms with Gasteiger partial charge < -0.3 is 10.4 Å². The van der Waals surface area contributed by atoms with Crippen molar-refractivity contribution in [2.45, 2.75) is 89.8 Å². The maximum atomic E-state index is 9.55. The summed E-state index contributed by atoms with van der Waals surface area (Å²) in [7, 11) is 0. The zero-order chi connectivity index (χ0) is 13.0. The molecule has 0 heterocycles. The highest BCUT2D eigenvalue weighted by atomic mass is 16.3. The van der Waals surface area contributed by atoms with E-state index in [0.717, 1.165) is 30.7 Å². The van der Waals surface area contributed by atoms with Crippen LogP contribution in [0.4, 0.5) is 0 Å². The number of rotatable bonds is 4. The second-order valence-corrected chi connectivity index (χ2v) is 7.03. The molecular formula is C16H31NO. The maximum absolute atomic E-state index is 9.55. The molecule has 2 saturated carbocycles. The fraction of sp³-hybridized carbons (Fsp3) is 1.00. The minimum Gasteiger partial charge on any atom is -0.393 e. The lowest BCUT2D eigenvalue weighted by molar-refractivity contribution is 0.110. The van der Waals surface area contributed by atoms with Gasteiger partial charge in [0.15, 0.2) is 0 Å². The molecule has 0 saturated heterocycles. The molecule has 2 unspecified atom stereocenters. The van der Waals surface area contributed by atoms with Gasteiger partial charge in [-0.15, -0.1) is 0 Å². The summed E-state index contributed by atoms with van der Waals surface area (Å²) in [5, 5.41) is 13.4. The van der Waals surface area contributed by atoms with Gasteiger partial charge in [-0.2, -0.15) is 0 Å². The molecule has 2 heteroatoms. The first-order valence-electron chi connectivity index (χ1n) is 8.07. The molecule has 0 radical (unpaired) electrons. The maximum Gasteiger partial charge on any atom is 0.0541 e. The first kappa shape index (κ1) is 14.3. The summed E-state index contributed by atoms with van der Waals surface area (Å²) < 4.78 is 0. The van der Waals surface area contributed by atoms with Crippen LogP contribution < -0.4 is 5.32 Å². The summed E-state index contributed by atoms with van der Waals surface area (Å²) in [5.74, 6) is 1.80. The molecular weight excluding hydrogens is 222 g/mol. The highest BCUT2D eigenvalue weighted by Gasteiger charge is 2.26. The van der Waals surface area contributed by atoms with E-state index < -0.39 is 0 Å². The van der Waals surface area contributed by atoms with Crippen LogP contribution in [0.15, 0.2) is 0 Å². The molecule has 0 aromatic heterocycles. The predicted molar refractivity (Wildman–Crippen MR) is 76.6 cm³/mol. The van der Waals surface area contributed by atoms with Gasteiger partial charge >= 0.3 is 0 Å². The van der Waals surface area contributed by atoms with Gasteiger partial charge in [0.1, 0.15) is 0 Å². The Morgan fingerprint density at radius 2 is 1.72 bits per heavy atom. The molecule has 18 heavy (non-hydrogen) atoms. The molecule has 0 amide bonds. The van der Waals surface area contributed by atoms with Crippen LogP contribution in [-0.2, 0) is 0 Å². The molecule has 2 atom stereocenters. The van der Waals surface area contributed by atoms with E-state index in [1.807, 2.05) is 0 Å². The topological polar surface area (TPSA) is 32.3 Å². The Kier molecular flexibility index (Phi) is 5.50. The molecule has 2 aliphatic carbocycles. The van der Waals surface area contributed by atoms with E-state index in [4.69, 9.17) is 0 Å². The summed E-state index contributed by atoms with van der Waals surface area (Å²) in [6.07, 6.45) is 11.3. The second kappa shape index (κ2) is 6.91. The van der Waals surface area contributed by atoms with Crippen molar-refractivity contribution in [3.63, 3.8) is 0 Å². The Morgan fingerprint density at radius 1 is 1.00 bits per heavy atom. The Balaban J connectivity index is 1.72. The van der Waals surface area contributed by atoms with Crippen LogP contribution in [0, 0.1) is 11.8 Å². The van der Waals surface area contributed by atoms with E-state index >= 15 is 0 Å². The third-order valence-electron chi connectivity index (χ3n) is 4.76. The van der Waals surface area contributed by atoms with E-state index in [9.17, 15) is 5.11 Å². The number of nitrogens with one attached hydrogen (secondary N) is 1. The van der Waals surface area contributed by atoms with Gasteiger partial charge in [-0.1, -0.05) is 26.7 Å². The quantitative estimate of drug-likeness (QED) is 0.804. The van der Waals surface area contributed by atoms with Crippen molar-refractivity contribution in [2.24, 2.45) is 11.8 Å². The van der Waals surface area contributed by atoms with Crippen molar-refractivity contribution in [1.29, 1.82) is 0 Å². The Morgan fingerprint density at radius 3 is 2.39 bits per heavy atom. The van der Waals surface area contributed by atoms with Crippen LogP contribution in [0.1, 0.15) is 71.6 Å². The summed E-state index contributed by atoms with van der Waals surface area (Å²) in [4.78, 5) is 0. The molecule has 2 N–H and O–H groups in total. The zero-order valence-corrected chi connectivity index (χ0v) is 12.2. The SMILES string of the molecule is CC(C)CC1CCCC(NC2CCC(O)CC2)C1. The Bertz CT molecular complexity index is 233. The summed E-state index contributed by atoms with van der Waals surface area (Å²) in [6.45, 7) is 4.69. The van der Waals surface area contributed by atoms with Crippen LogP contribution in [0.2, 0.25) is 0 Å². The molecule has 2 rings (SSSR count). The summed E-state index contributed by atoms with van der Waals surface area (Å²) in [6, 6.07) is 1.43. The molecule has 0 spiro atoms. The number of hydrogen-bond acceptors (Lipinski definition) is 2. The lowest BCUT2D eigenvalue weighted by Gasteiger charge is -2.35. The Labute approximate surface area is 113 Å². The minimum absolute atomic E-state index is 0.0249. The molecule has 2 nitrogen and oxygen atoms in total. The molecule has 0 aromatic rings. The molecule has 0 bridgehead atoms. The van der Waals surface area contributed by atoms with Crippen LogP contribution >= 0.6 is 0 Å². The highest BCUT2D eigenvalue weighted by Crippen LogP contribution is 2.30. The molecule has 2 fully saturated rings. The van der Waals surface area contributed by atoms with Crippen LogP contribution in [0.3, 0.4) is 0 Å². The molecule has 2 aliphatic rings. The first-order chi connectivity index (χ1) is 8.63. The number of hydrogen-bond donors (Lipinski definition) is 2. The van der Waals surface area contributed by atoms with Crippen LogP contribution in [-0.4, -0.2) is 23.3 Å². The van der Waals surface area contributed by atoms with E-state index in [0.29, 0.717) is 6.04 Å². The highest BCUT2D eigenvalue weighted by molar-refractivity contribution is 4.84. The standard InChI is InChI=1S/C16H31NO/c1-12(2)10-13-4-3-5-15(11-13)17-14-6-8-16(18)9-7-14/h12-18H,3-11H2,1-2H3. The van der Waals surface area contributed by atoms with Gasteiger partial charge in [0.25, 0.3) is 0 Å². The monoisotopic (exact) mass is 253 g/mol. The number of aliphatic hydroxyl groups is 1. The molecule has 0 aliphatic heterocycles. The predicted octanol–water partition coefficient (Wildman–Crippen LogP) is 3.48. The van der Waals surface area contributed by atoms with Crippen molar-refractivity contribution in [3.8, 4) is 0 Å². The van der Waals surface area contributed by atoms with Crippen LogP contribution in [0.25, 0.3) is 0 Å². The lowest BCUT2D eigenvalue weighted by atomic mass is 9.80. The van der Waals surface area contributed by atoms with E-state index in [-0.39, 0.29) is 6.10 Å². The van der Waals surface area contributed by atoms with Crippen LogP contribution in [0.5, 0.6) is 0 Å².